The van der Waals surface area contributed by atoms with Crippen LogP contribution in [0.4, 0.5) is 26.3 Å². The SMILES string of the molecule is NC(N)=NCc1ccc2[nH]c3c(c2c1)C[C@@]1(O)[C@H]2Cc4ccc(O)c5c4[C@@]1(CCN2CC1CC1)[C@H]3O5.O=C(O)C(F)(F)F.O=C(O)C(F)(F)F. The van der Waals surface area contributed by atoms with Crippen molar-refractivity contribution in [1.82, 2.24) is 9.88 Å². The number of nitrogens with two attached hydrogens (primary N) is 2. The third-order valence-electron chi connectivity index (χ3n) is 10.2. The van der Waals surface area contributed by atoms with E-state index >= 15 is 0 Å². The second-order valence-corrected chi connectivity index (χ2v) is 13.2. The summed E-state index contributed by atoms with van der Waals surface area (Å²) in [6.45, 7) is 2.40. The van der Waals surface area contributed by atoms with E-state index < -0.39 is 35.3 Å². The normalized spacial score (nSPS) is 25.9. The van der Waals surface area contributed by atoms with Crippen LogP contribution < -0.4 is 16.2 Å². The molecule has 1 saturated heterocycles. The Kier molecular flexibility index (Phi) is 8.41. The molecule has 8 rings (SSSR count). The van der Waals surface area contributed by atoms with Gasteiger partial charge in [-0.25, -0.2) is 14.6 Å². The van der Waals surface area contributed by atoms with E-state index in [0.717, 1.165) is 65.1 Å². The number of H-pyrrole nitrogens is 1. The molecular weight excluding hydrogens is 680 g/mol. The molecule has 270 valence electrons. The maximum atomic E-state index is 12.9. The third kappa shape index (κ3) is 5.82. The topological polar surface area (TPSA) is 208 Å². The van der Waals surface area contributed by atoms with E-state index in [-0.39, 0.29) is 23.9 Å². The zero-order valence-electron chi connectivity index (χ0n) is 26.1. The van der Waals surface area contributed by atoms with E-state index in [1.54, 1.807) is 6.07 Å². The van der Waals surface area contributed by atoms with Crippen molar-refractivity contribution in [2.75, 3.05) is 13.1 Å². The van der Waals surface area contributed by atoms with Gasteiger partial charge in [0, 0.05) is 35.5 Å². The van der Waals surface area contributed by atoms with Crippen LogP contribution in [0.3, 0.4) is 0 Å². The van der Waals surface area contributed by atoms with Crippen LogP contribution in [-0.2, 0) is 34.4 Å². The number of halogens is 6. The standard InChI is InChI=1S/C28H31N5O3.2C2HF3O2/c29-26(30)31-12-15-3-5-19-17(9-15)18-11-28(35)21-10-16-4-6-20(34)24-22(16)27(28,25(36-24)23(18)32-19)7-8-33(21)13-14-1-2-14;2*3-2(4,5)1(6)7/h3-6,9,14,21,25,32,34-35H,1-2,7-8,10-13H2,(H4,29,30,31);2*(H,6,7)/t21-,25+,27+,28-;;/m1../s1. The fourth-order valence-electron chi connectivity index (χ4n) is 7.95. The number of aliphatic hydroxyl groups is 1. The van der Waals surface area contributed by atoms with E-state index in [9.17, 15) is 36.6 Å². The molecule has 12 nitrogen and oxygen atoms in total. The van der Waals surface area contributed by atoms with Crippen molar-refractivity contribution in [1.29, 1.82) is 0 Å². The third-order valence-corrected chi connectivity index (χ3v) is 10.2. The summed E-state index contributed by atoms with van der Waals surface area (Å²) >= 11 is 0. The van der Waals surface area contributed by atoms with Gasteiger partial charge in [0.15, 0.2) is 23.6 Å². The number of ether oxygens (including phenoxy) is 1. The summed E-state index contributed by atoms with van der Waals surface area (Å²) in [4.78, 5) is 28.2. The number of carboxylic acid groups (broad SMARTS) is 2. The van der Waals surface area contributed by atoms with Gasteiger partial charge in [0.1, 0.15) is 0 Å². The number of fused-ring (bicyclic) bond motifs is 4. The van der Waals surface area contributed by atoms with E-state index in [0.29, 0.717) is 18.7 Å². The molecule has 1 aromatic heterocycles. The summed E-state index contributed by atoms with van der Waals surface area (Å²) in [5.74, 6) is -3.97. The number of likely N-dealkylation sites (tertiary alicyclic amines) is 1. The van der Waals surface area contributed by atoms with Crippen LogP contribution in [0.15, 0.2) is 35.3 Å². The highest BCUT2D eigenvalue weighted by molar-refractivity contribution is 5.87. The molecule has 1 spiro atoms. The van der Waals surface area contributed by atoms with E-state index in [2.05, 4.69) is 27.0 Å². The lowest BCUT2D eigenvalue weighted by Crippen LogP contribution is -2.74. The van der Waals surface area contributed by atoms with Gasteiger partial charge in [0.05, 0.1) is 23.3 Å². The van der Waals surface area contributed by atoms with Crippen LogP contribution in [-0.4, -0.2) is 85.3 Å². The molecule has 1 saturated carbocycles. The molecule has 0 radical (unpaired) electrons. The number of aromatic hydroxyl groups is 1. The predicted molar refractivity (Wildman–Crippen MR) is 163 cm³/mol. The van der Waals surface area contributed by atoms with Crippen molar-refractivity contribution >= 4 is 28.8 Å². The molecule has 4 atom stereocenters. The number of hydrogen-bond acceptors (Lipinski definition) is 7. The van der Waals surface area contributed by atoms with E-state index in [4.69, 9.17) is 36.0 Å². The minimum Gasteiger partial charge on any atom is -0.504 e. The average Bonchev–Trinajstić information content (AvgIpc) is 3.66. The van der Waals surface area contributed by atoms with Gasteiger partial charge in [-0.3, -0.25) is 4.90 Å². The highest BCUT2D eigenvalue weighted by Crippen LogP contribution is 2.69. The fraction of sp³-hybridized carbons (Fsp3) is 0.469. The molecule has 5 aliphatic rings. The number of rotatable bonds is 4. The van der Waals surface area contributed by atoms with Crippen LogP contribution in [0.5, 0.6) is 11.5 Å². The zero-order chi connectivity index (χ0) is 36.6. The highest BCUT2D eigenvalue weighted by atomic mass is 19.4. The minimum absolute atomic E-state index is 0.0175. The molecule has 3 aromatic rings. The fourth-order valence-corrected chi connectivity index (χ4v) is 7.95. The number of nitrogens with zero attached hydrogens (tertiary/aromatic N) is 2. The Morgan fingerprint density at radius 3 is 2.26 bits per heavy atom. The van der Waals surface area contributed by atoms with Crippen LogP contribution in [0, 0.1) is 5.92 Å². The lowest BCUT2D eigenvalue weighted by atomic mass is 9.49. The van der Waals surface area contributed by atoms with Gasteiger partial charge >= 0.3 is 24.3 Å². The molecule has 18 heteroatoms. The Balaban J connectivity index is 0.000000263. The number of guanidine groups is 1. The first-order valence-electron chi connectivity index (χ1n) is 15.5. The summed E-state index contributed by atoms with van der Waals surface area (Å²) in [7, 11) is 0. The molecule has 2 aromatic carbocycles. The first kappa shape index (κ1) is 35.1. The number of nitrogens with one attached hydrogen (secondary N) is 1. The Hall–Kier alpha value is -4.71. The van der Waals surface area contributed by atoms with Crippen LogP contribution in [0.25, 0.3) is 10.9 Å². The van der Waals surface area contributed by atoms with Gasteiger partial charge in [-0.2, -0.15) is 26.3 Å². The summed E-state index contributed by atoms with van der Waals surface area (Å²) in [6.07, 6.45) is -5.82. The smallest absolute Gasteiger partial charge is 0.490 e. The quantitative estimate of drug-likeness (QED) is 0.119. The molecule has 2 fully saturated rings. The largest absolute Gasteiger partial charge is 0.504 e. The number of aromatic amines is 1. The van der Waals surface area contributed by atoms with Gasteiger partial charge < -0.3 is 41.6 Å². The summed E-state index contributed by atoms with van der Waals surface area (Å²) < 4.78 is 70.1. The molecule has 0 unspecified atom stereocenters. The average molecular weight is 714 g/mol. The number of alkyl halides is 6. The lowest BCUT2D eigenvalue weighted by Gasteiger charge is -2.62. The maximum Gasteiger partial charge on any atom is 0.490 e. The number of aliphatic imine (C=N–C) groups is 1. The van der Waals surface area contributed by atoms with Gasteiger partial charge in [0.2, 0.25) is 0 Å². The number of carbonyl (C=O) groups is 2. The van der Waals surface area contributed by atoms with E-state index in [1.807, 2.05) is 12.1 Å². The first-order valence-corrected chi connectivity index (χ1v) is 15.5. The molecule has 0 amide bonds. The number of hydrogen-bond donors (Lipinski definition) is 7. The van der Waals surface area contributed by atoms with Crippen LogP contribution >= 0.6 is 0 Å². The molecular formula is C32H33F6N5O7. The number of phenolic OH excluding ortho intramolecular Hbond substituents is 1. The molecule has 3 heterocycles. The van der Waals surface area contributed by atoms with Crippen molar-refractivity contribution in [3.63, 3.8) is 0 Å². The summed E-state index contributed by atoms with van der Waals surface area (Å²) in [5, 5.41) is 39.1. The Morgan fingerprint density at radius 2 is 1.68 bits per heavy atom. The second kappa shape index (κ2) is 12.0. The molecule has 2 bridgehead atoms. The molecule has 3 aliphatic carbocycles. The summed E-state index contributed by atoms with van der Waals surface area (Å²) in [5.41, 5.74) is 16.0. The first-order chi connectivity index (χ1) is 23.3. The Morgan fingerprint density at radius 1 is 1.04 bits per heavy atom. The Labute approximate surface area is 279 Å². The van der Waals surface area contributed by atoms with Crippen LogP contribution in [0.1, 0.15) is 53.3 Å². The van der Waals surface area contributed by atoms with Gasteiger partial charge in [0.25, 0.3) is 0 Å². The van der Waals surface area contributed by atoms with Gasteiger partial charge in [-0.05, 0) is 73.0 Å². The Bertz CT molecular complexity index is 1860. The predicted octanol–water partition coefficient (Wildman–Crippen LogP) is 3.61. The number of aliphatic carboxylic acids is 2. The number of phenols is 1. The van der Waals surface area contributed by atoms with Crippen LogP contribution in [0.2, 0.25) is 0 Å². The zero-order valence-corrected chi connectivity index (χ0v) is 26.1. The van der Waals surface area contributed by atoms with Crippen molar-refractivity contribution in [3.05, 3.63) is 58.3 Å². The lowest BCUT2D eigenvalue weighted by molar-refractivity contribution is -0.193. The number of aromatic nitrogens is 1. The van der Waals surface area contributed by atoms with E-state index in [1.165, 1.54) is 18.4 Å². The van der Waals surface area contributed by atoms with Crippen molar-refractivity contribution in [2.45, 2.75) is 74.2 Å². The second-order valence-electron chi connectivity index (χ2n) is 13.2. The van der Waals surface area contributed by atoms with Gasteiger partial charge in [-0.15, -0.1) is 0 Å². The summed E-state index contributed by atoms with van der Waals surface area (Å²) in [6, 6.07) is 10.0. The van der Waals surface area contributed by atoms with Crippen molar-refractivity contribution in [2.24, 2.45) is 22.4 Å². The van der Waals surface area contributed by atoms with Crippen molar-refractivity contribution < 1.29 is 61.1 Å². The number of piperidine rings is 1. The minimum atomic E-state index is -5.08. The van der Waals surface area contributed by atoms with Gasteiger partial charge in [-0.1, -0.05) is 12.1 Å². The molecule has 2 aliphatic heterocycles. The molecule has 9 N–H and O–H groups in total. The molecule has 50 heavy (non-hydrogen) atoms. The number of benzene rings is 2. The highest BCUT2D eigenvalue weighted by Gasteiger charge is 2.72. The van der Waals surface area contributed by atoms with Crippen molar-refractivity contribution in [3.8, 4) is 11.5 Å². The maximum absolute atomic E-state index is 12.9. The number of carboxylic acids is 2. The monoisotopic (exact) mass is 713 g/mol.